The zero-order valence-corrected chi connectivity index (χ0v) is 24.5. The van der Waals surface area contributed by atoms with Gasteiger partial charge >= 0.3 is 0 Å². The van der Waals surface area contributed by atoms with Gasteiger partial charge in [-0.3, -0.25) is 14.6 Å². The second-order valence-electron chi connectivity index (χ2n) is 11.3. The third kappa shape index (κ3) is 6.97. The van der Waals surface area contributed by atoms with Crippen molar-refractivity contribution in [2.75, 3.05) is 51.8 Å². The predicted molar refractivity (Wildman–Crippen MR) is 159 cm³/mol. The number of aromatic amines is 1. The second kappa shape index (κ2) is 12.9. The number of nitrogens with one attached hydrogen (secondary N) is 2. The van der Waals surface area contributed by atoms with Crippen LogP contribution in [0.4, 0.5) is 5.69 Å². The third-order valence-corrected chi connectivity index (χ3v) is 8.14. The Morgan fingerprint density at radius 2 is 1.87 bits per heavy atom. The molecule has 1 aromatic heterocycles. The normalized spacial score (nSPS) is 18.2. The number of H-pyrrole nitrogens is 1. The minimum atomic E-state index is -0.149. The van der Waals surface area contributed by atoms with Crippen molar-refractivity contribution >= 4 is 17.3 Å². The molecule has 212 valence electrons. The molecule has 0 radical (unpaired) electrons. The molecule has 8 nitrogen and oxygen atoms in total. The maximum absolute atomic E-state index is 13.7. The molecule has 2 aliphatic heterocycles. The number of carbonyl (C=O) groups excluding carboxylic acids is 1. The zero-order chi connectivity index (χ0) is 28.1. The minimum absolute atomic E-state index is 0.148. The Labute approximate surface area is 232 Å². The molecule has 0 saturated carbocycles. The van der Waals surface area contributed by atoms with Crippen LogP contribution in [-0.4, -0.2) is 74.5 Å². The fourth-order valence-electron chi connectivity index (χ4n) is 5.99. The van der Waals surface area contributed by atoms with Crippen molar-refractivity contribution in [3.8, 4) is 0 Å². The van der Waals surface area contributed by atoms with Crippen LogP contribution in [0.15, 0.2) is 28.0 Å². The van der Waals surface area contributed by atoms with Gasteiger partial charge in [-0.2, -0.15) is 0 Å². The fourth-order valence-corrected chi connectivity index (χ4v) is 5.99. The van der Waals surface area contributed by atoms with Gasteiger partial charge in [0.05, 0.1) is 0 Å². The molecule has 2 aromatic rings. The first-order chi connectivity index (χ1) is 18.7. The van der Waals surface area contributed by atoms with Gasteiger partial charge in [0.2, 0.25) is 0 Å². The van der Waals surface area contributed by atoms with Gasteiger partial charge in [-0.05, 0) is 102 Å². The van der Waals surface area contributed by atoms with E-state index >= 15 is 0 Å². The summed E-state index contributed by atoms with van der Waals surface area (Å²) in [7, 11) is 4.15. The number of rotatable bonds is 9. The zero-order valence-electron chi connectivity index (χ0n) is 24.5. The molecular formula is C31H45N5O3. The maximum atomic E-state index is 13.7. The molecule has 4 rings (SSSR count). The van der Waals surface area contributed by atoms with Crippen molar-refractivity contribution in [3.05, 3.63) is 62.1 Å². The largest absolute Gasteiger partial charge is 0.381 e. The molecule has 1 amide bonds. The van der Waals surface area contributed by atoms with E-state index in [-0.39, 0.29) is 23.9 Å². The monoisotopic (exact) mass is 535 g/mol. The molecular weight excluding hydrogens is 490 g/mol. The van der Waals surface area contributed by atoms with E-state index in [1.807, 2.05) is 26.8 Å². The molecule has 1 aromatic carbocycles. The lowest BCUT2D eigenvalue weighted by Crippen LogP contribution is -2.40. The summed E-state index contributed by atoms with van der Waals surface area (Å²) in [6.45, 7) is 12.2. The molecule has 2 aliphatic rings. The van der Waals surface area contributed by atoms with Crippen LogP contribution in [0, 0.1) is 20.8 Å². The quantitative estimate of drug-likeness (QED) is 0.504. The van der Waals surface area contributed by atoms with E-state index in [2.05, 4.69) is 53.3 Å². The Morgan fingerprint density at radius 1 is 1.13 bits per heavy atom. The molecule has 1 saturated heterocycles. The molecule has 0 aliphatic carbocycles. The van der Waals surface area contributed by atoms with Gasteiger partial charge in [-0.1, -0.05) is 0 Å². The fraction of sp³-hybridized carbons (Fsp3) is 0.581. The number of aromatic nitrogens is 1. The van der Waals surface area contributed by atoms with Crippen LogP contribution in [-0.2, 0) is 11.3 Å². The van der Waals surface area contributed by atoms with Crippen molar-refractivity contribution in [2.45, 2.75) is 71.9 Å². The van der Waals surface area contributed by atoms with Crippen LogP contribution >= 0.6 is 0 Å². The molecule has 3 heterocycles. The number of anilines is 1. The van der Waals surface area contributed by atoms with Gasteiger partial charge in [-0.15, -0.1) is 0 Å². The van der Waals surface area contributed by atoms with Gasteiger partial charge in [-0.25, -0.2) is 0 Å². The van der Waals surface area contributed by atoms with E-state index in [0.717, 1.165) is 81.0 Å². The van der Waals surface area contributed by atoms with Crippen molar-refractivity contribution in [1.82, 2.24) is 15.2 Å². The first kappa shape index (κ1) is 29.0. The number of hydrogen-bond donors (Lipinski definition) is 2. The standard InChI is InChI=1S/C31H45N5O3/c1-7-36(26-10-12-39-13-11-26)29-16-24(23-8-9-25(32-17-23)19-35(5)6)15-27(22(29)4)30(37)33-18-28-20(2)14-21(3)34-31(28)38/h14-16,23,26H,7-13,17-19H2,1-6H3,(H,33,37)(H,34,38). The first-order valence-corrected chi connectivity index (χ1v) is 14.3. The number of aliphatic imine (C=N–C) groups is 1. The van der Waals surface area contributed by atoms with Gasteiger partial charge in [0.25, 0.3) is 11.5 Å². The molecule has 0 spiro atoms. The number of benzene rings is 1. The Bertz CT molecular complexity index is 1260. The maximum Gasteiger partial charge on any atom is 0.253 e. The van der Waals surface area contributed by atoms with Crippen LogP contribution in [0.2, 0.25) is 0 Å². The number of hydrogen-bond acceptors (Lipinski definition) is 6. The summed E-state index contributed by atoms with van der Waals surface area (Å²) >= 11 is 0. The number of ether oxygens (including phenoxy) is 1. The predicted octanol–water partition coefficient (Wildman–Crippen LogP) is 4.12. The average molecular weight is 536 g/mol. The first-order valence-electron chi connectivity index (χ1n) is 14.3. The summed E-state index contributed by atoms with van der Waals surface area (Å²) in [5.74, 6) is 0.128. The Hall–Kier alpha value is -2.97. The minimum Gasteiger partial charge on any atom is -0.381 e. The van der Waals surface area contributed by atoms with Crippen LogP contribution in [0.1, 0.15) is 76.8 Å². The number of nitrogens with zero attached hydrogens (tertiary/aromatic N) is 3. The lowest BCUT2D eigenvalue weighted by molar-refractivity contribution is 0.0845. The Morgan fingerprint density at radius 3 is 2.49 bits per heavy atom. The Kier molecular flexibility index (Phi) is 9.62. The third-order valence-electron chi connectivity index (χ3n) is 8.14. The van der Waals surface area contributed by atoms with Gasteiger partial charge < -0.3 is 24.8 Å². The highest BCUT2D eigenvalue weighted by atomic mass is 16.5. The van der Waals surface area contributed by atoms with Crippen molar-refractivity contribution < 1.29 is 9.53 Å². The van der Waals surface area contributed by atoms with E-state index in [4.69, 9.17) is 9.73 Å². The van der Waals surface area contributed by atoms with Gasteiger partial charge in [0.15, 0.2) is 0 Å². The summed E-state index contributed by atoms with van der Waals surface area (Å²) in [5.41, 5.74) is 7.34. The highest BCUT2D eigenvalue weighted by Gasteiger charge is 2.27. The lowest BCUT2D eigenvalue weighted by atomic mass is 9.87. The van der Waals surface area contributed by atoms with E-state index in [0.29, 0.717) is 17.2 Å². The summed E-state index contributed by atoms with van der Waals surface area (Å²) < 4.78 is 5.64. The van der Waals surface area contributed by atoms with Crippen molar-refractivity contribution in [1.29, 1.82) is 0 Å². The summed E-state index contributed by atoms with van der Waals surface area (Å²) in [4.78, 5) is 38.6. The molecule has 2 N–H and O–H groups in total. The topological polar surface area (TPSA) is 90.0 Å². The molecule has 1 fully saturated rings. The van der Waals surface area contributed by atoms with Crippen LogP contribution < -0.4 is 15.8 Å². The smallest absolute Gasteiger partial charge is 0.253 e. The van der Waals surface area contributed by atoms with Crippen LogP contribution in [0.3, 0.4) is 0 Å². The SMILES string of the molecule is CCN(c1cc(C2CCC(CN(C)C)=NC2)cc(C(=O)NCc2c(C)cc(C)[nH]c2=O)c1C)C1CCOCC1. The van der Waals surface area contributed by atoms with E-state index in [9.17, 15) is 9.59 Å². The summed E-state index contributed by atoms with van der Waals surface area (Å²) in [5, 5.41) is 3.05. The summed E-state index contributed by atoms with van der Waals surface area (Å²) in [6, 6.07) is 6.69. The van der Waals surface area contributed by atoms with Gasteiger partial charge in [0.1, 0.15) is 0 Å². The highest BCUT2D eigenvalue weighted by molar-refractivity contribution is 5.97. The van der Waals surface area contributed by atoms with Crippen LogP contribution in [0.25, 0.3) is 0 Å². The number of carbonyl (C=O) groups is 1. The number of pyridine rings is 1. The average Bonchev–Trinajstić information content (AvgIpc) is 2.90. The van der Waals surface area contributed by atoms with E-state index in [1.54, 1.807) is 0 Å². The van der Waals surface area contributed by atoms with E-state index in [1.165, 1.54) is 11.3 Å². The second-order valence-corrected chi connectivity index (χ2v) is 11.3. The summed E-state index contributed by atoms with van der Waals surface area (Å²) in [6.07, 6.45) is 3.96. The molecule has 8 heteroatoms. The van der Waals surface area contributed by atoms with Crippen molar-refractivity contribution in [2.24, 2.45) is 4.99 Å². The molecule has 0 bridgehead atoms. The Balaban J connectivity index is 1.67. The number of amides is 1. The highest BCUT2D eigenvalue weighted by Crippen LogP contribution is 2.35. The van der Waals surface area contributed by atoms with E-state index < -0.39 is 0 Å². The number of aryl methyl sites for hydroxylation is 2. The molecule has 1 unspecified atom stereocenters. The van der Waals surface area contributed by atoms with Gasteiger partial charge in [0, 0.05) is 79.6 Å². The molecule has 1 atom stereocenters. The lowest BCUT2D eigenvalue weighted by Gasteiger charge is -2.37. The van der Waals surface area contributed by atoms with Crippen molar-refractivity contribution in [3.63, 3.8) is 0 Å². The molecule has 39 heavy (non-hydrogen) atoms. The van der Waals surface area contributed by atoms with Crippen LogP contribution in [0.5, 0.6) is 0 Å².